The normalized spacial score (nSPS) is 19.4. The molecule has 256 valence electrons. The molecule has 46 heavy (non-hydrogen) atoms. The molecule has 2 aromatic rings. The molecule has 3 rings (SSSR count). The van der Waals surface area contributed by atoms with E-state index in [4.69, 9.17) is 0 Å². The van der Waals surface area contributed by atoms with Crippen LogP contribution < -0.4 is 5.30 Å². The number of hydrogen-bond donors (Lipinski definition) is 0. The Kier molecular flexibility index (Phi) is 11.4. The standard InChI is InChI=1S/C43H65Br2P/c1-38(2,3)27-22-30(40(7,8)9)36(31(23-27)41(10,11)12)29(26-44)34-20-19-21-35(45)46(34)37-32(42(13,14)15)24-28(39(4,5)6)25-33(37)43(16,17)18/h21-26,34H,19-20H2,1-18H3/b29-26+/t34-,46+/m0/s1. The number of rotatable bonds is 3. The molecule has 2 aromatic carbocycles. The van der Waals surface area contributed by atoms with Crippen molar-refractivity contribution in [3.8, 4) is 0 Å². The average Bonchev–Trinajstić information content (AvgIpc) is 2.85. The first kappa shape index (κ1) is 39.7. The van der Waals surface area contributed by atoms with Crippen LogP contribution in [-0.4, -0.2) is 5.66 Å². The number of halogens is 2. The molecule has 1 heterocycles. The summed E-state index contributed by atoms with van der Waals surface area (Å²) in [7, 11) is -0.726. The van der Waals surface area contributed by atoms with Gasteiger partial charge in [0, 0.05) is 9.88 Å². The van der Waals surface area contributed by atoms with Gasteiger partial charge in [-0.15, -0.1) is 0 Å². The van der Waals surface area contributed by atoms with Crippen LogP contribution in [0.1, 0.15) is 176 Å². The minimum Gasteiger partial charge on any atom is -0.0695 e. The van der Waals surface area contributed by atoms with Crippen molar-refractivity contribution >= 4 is 50.7 Å². The van der Waals surface area contributed by atoms with Crippen molar-refractivity contribution in [1.82, 2.24) is 0 Å². The Morgan fingerprint density at radius 3 is 1.24 bits per heavy atom. The summed E-state index contributed by atoms with van der Waals surface area (Å²) in [5.41, 5.74) is 12.3. The van der Waals surface area contributed by atoms with Crippen molar-refractivity contribution in [2.75, 3.05) is 0 Å². The SMILES string of the molecule is CC(C)(C)c1cc(C(C)(C)C)c(/C(=C/Br)[C@@H]2CCC=C(Br)[P@]2c2c(C(C)(C)C)cc(C(C)(C)C)cc2C(C)(C)C)c(C(C)(C)C)c1. The van der Waals surface area contributed by atoms with Crippen LogP contribution in [0.5, 0.6) is 0 Å². The quantitative estimate of drug-likeness (QED) is 0.273. The van der Waals surface area contributed by atoms with Crippen molar-refractivity contribution < 1.29 is 0 Å². The van der Waals surface area contributed by atoms with E-state index >= 15 is 0 Å². The minimum absolute atomic E-state index is 0.00792. The van der Waals surface area contributed by atoms with E-state index < -0.39 is 7.92 Å². The molecule has 3 heteroatoms. The molecule has 0 saturated heterocycles. The third kappa shape index (κ3) is 8.53. The molecule has 0 N–H and O–H groups in total. The zero-order valence-electron chi connectivity index (χ0n) is 32.7. The fraction of sp³-hybridized carbons (Fsp3) is 0.628. The highest BCUT2D eigenvalue weighted by molar-refractivity contribution is 9.13. The predicted molar refractivity (Wildman–Crippen MR) is 219 cm³/mol. The Bertz CT molecular complexity index is 1420. The van der Waals surface area contributed by atoms with Crippen LogP contribution in [0.2, 0.25) is 0 Å². The summed E-state index contributed by atoms with van der Waals surface area (Å²) in [6, 6.07) is 10.2. The predicted octanol–water partition coefficient (Wildman–Crippen LogP) is 14.4. The zero-order chi connectivity index (χ0) is 35.6. The van der Waals surface area contributed by atoms with Gasteiger partial charge in [-0.05, 0) is 108 Å². The van der Waals surface area contributed by atoms with Crippen molar-refractivity contribution in [3.05, 3.63) is 78.5 Å². The van der Waals surface area contributed by atoms with E-state index in [1.807, 2.05) is 0 Å². The number of allylic oxidation sites excluding steroid dienone is 2. The maximum absolute atomic E-state index is 4.26. The van der Waals surface area contributed by atoms with E-state index in [9.17, 15) is 0 Å². The third-order valence-electron chi connectivity index (χ3n) is 9.51. The highest BCUT2D eigenvalue weighted by atomic mass is 79.9. The van der Waals surface area contributed by atoms with Gasteiger partial charge >= 0.3 is 0 Å². The van der Waals surface area contributed by atoms with Crippen LogP contribution in [0.4, 0.5) is 0 Å². The second-order valence-corrected chi connectivity index (χ2v) is 24.1. The molecule has 0 nitrogen and oxygen atoms in total. The van der Waals surface area contributed by atoms with Crippen molar-refractivity contribution in [2.24, 2.45) is 0 Å². The Morgan fingerprint density at radius 1 is 0.587 bits per heavy atom. The highest BCUT2D eigenvalue weighted by Crippen LogP contribution is 2.63. The maximum atomic E-state index is 4.26. The van der Waals surface area contributed by atoms with Crippen LogP contribution >= 0.6 is 39.8 Å². The smallest absolute Gasteiger partial charge is 0.0197 e. The van der Waals surface area contributed by atoms with Gasteiger partial charge in [0.2, 0.25) is 0 Å². The summed E-state index contributed by atoms with van der Waals surface area (Å²) in [6.45, 7) is 43.0. The summed E-state index contributed by atoms with van der Waals surface area (Å²) >= 11 is 8.30. The second kappa shape index (κ2) is 13.2. The highest BCUT2D eigenvalue weighted by Gasteiger charge is 2.41. The van der Waals surface area contributed by atoms with E-state index in [0.29, 0.717) is 5.66 Å². The average molecular weight is 773 g/mol. The van der Waals surface area contributed by atoms with E-state index in [0.717, 1.165) is 12.8 Å². The van der Waals surface area contributed by atoms with Gasteiger partial charge in [-0.2, -0.15) is 0 Å². The van der Waals surface area contributed by atoms with Crippen LogP contribution in [-0.2, 0) is 32.5 Å². The topological polar surface area (TPSA) is 0 Å². The molecule has 0 spiro atoms. The Morgan fingerprint density at radius 2 is 0.935 bits per heavy atom. The molecule has 1 aliphatic rings. The minimum atomic E-state index is -0.726. The van der Waals surface area contributed by atoms with E-state index in [1.165, 1.54) is 48.7 Å². The summed E-state index contributed by atoms with van der Waals surface area (Å²) in [5, 5.41) is 1.59. The van der Waals surface area contributed by atoms with Crippen LogP contribution in [0.3, 0.4) is 0 Å². The second-order valence-electron chi connectivity index (χ2n) is 19.9. The van der Waals surface area contributed by atoms with Gasteiger partial charge in [-0.1, -0.05) is 187 Å². The summed E-state index contributed by atoms with van der Waals surface area (Å²) in [4.78, 5) is 2.31. The lowest BCUT2D eigenvalue weighted by atomic mass is 9.70. The van der Waals surface area contributed by atoms with Crippen molar-refractivity contribution in [3.63, 3.8) is 0 Å². The van der Waals surface area contributed by atoms with Gasteiger partial charge in [0.05, 0.1) is 0 Å². The molecule has 0 amide bonds. The Hall–Kier alpha value is -0.690. The number of hydrogen-bond acceptors (Lipinski definition) is 0. The molecule has 0 aromatic heterocycles. The van der Waals surface area contributed by atoms with Gasteiger partial charge < -0.3 is 0 Å². The lowest BCUT2D eigenvalue weighted by molar-refractivity contribution is 0.545. The number of benzene rings is 2. The Balaban J connectivity index is 2.55. The first-order chi connectivity index (χ1) is 20.5. The lowest BCUT2D eigenvalue weighted by Gasteiger charge is -2.42. The van der Waals surface area contributed by atoms with Crippen molar-refractivity contribution in [2.45, 2.75) is 176 Å². The molecule has 2 atom stereocenters. The zero-order valence-corrected chi connectivity index (χ0v) is 36.7. The molecule has 0 unspecified atom stereocenters. The third-order valence-corrected chi connectivity index (χ3v) is 14.2. The molecule has 1 aliphatic heterocycles. The maximum Gasteiger partial charge on any atom is 0.0197 e. The van der Waals surface area contributed by atoms with E-state index in [2.05, 4.69) is 192 Å². The summed E-state index contributed by atoms with van der Waals surface area (Å²) in [6.07, 6.45) is 4.71. The fourth-order valence-electron chi connectivity index (χ4n) is 6.63. The fourth-order valence-corrected chi connectivity index (χ4v) is 12.2. The van der Waals surface area contributed by atoms with Gasteiger partial charge in [-0.25, -0.2) is 0 Å². The molecule has 0 fully saturated rings. The molecular weight excluding hydrogens is 707 g/mol. The summed E-state index contributed by atoms with van der Waals surface area (Å²) in [5.74, 6) is 0. The molecule has 0 saturated carbocycles. The molecule has 0 radical (unpaired) electrons. The first-order valence-electron chi connectivity index (χ1n) is 17.4. The largest absolute Gasteiger partial charge is 0.0695 e. The Labute approximate surface area is 303 Å². The van der Waals surface area contributed by atoms with E-state index in [-0.39, 0.29) is 32.5 Å². The van der Waals surface area contributed by atoms with Crippen LogP contribution in [0.25, 0.3) is 5.57 Å². The van der Waals surface area contributed by atoms with Gasteiger partial charge in [0.1, 0.15) is 0 Å². The molecule has 0 bridgehead atoms. The van der Waals surface area contributed by atoms with Gasteiger partial charge in [0.25, 0.3) is 0 Å². The monoisotopic (exact) mass is 770 g/mol. The van der Waals surface area contributed by atoms with Crippen LogP contribution in [0.15, 0.2) is 39.6 Å². The molecule has 0 aliphatic carbocycles. The summed E-state index contributed by atoms with van der Waals surface area (Å²) < 4.78 is 1.39. The molecular formula is C43H65Br2P. The van der Waals surface area contributed by atoms with Gasteiger partial charge in [-0.3, -0.25) is 0 Å². The lowest BCUT2D eigenvalue weighted by Crippen LogP contribution is -2.34. The van der Waals surface area contributed by atoms with Crippen LogP contribution in [0, 0.1) is 0 Å². The van der Waals surface area contributed by atoms with E-state index in [1.54, 1.807) is 5.30 Å². The van der Waals surface area contributed by atoms with Gasteiger partial charge in [0.15, 0.2) is 0 Å². The first-order valence-corrected chi connectivity index (χ1v) is 20.5. The van der Waals surface area contributed by atoms with Crippen molar-refractivity contribution in [1.29, 1.82) is 0 Å².